The Bertz CT molecular complexity index is 361. The lowest BCUT2D eigenvalue weighted by Gasteiger charge is -2.09. The molecule has 88 valence electrons. The Hall–Kier alpha value is -1.35. The van der Waals surface area contributed by atoms with Crippen molar-refractivity contribution in [3.05, 3.63) is 34.9 Å². The van der Waals surface area contributed by atoms with Crippen molar-refractivity contribution in [1.29, 1.82) is 0 Å². The summed E-state index contributed by atoms with van der Waals surface area (Å²) in [5.41, 5.74) is 2.97. The van der Waals surface area contributed by atoms with Gasteiger partial charge in [0, 0.05) is 12.1 Å². The van der Waals surface area contributed by atoms with Gasteiger partial charge in [-0.2, -0.15) is 0 Å². The van der Waals surface area contributed by atoms with Gasteiger partial charge < -0.3 is 10.4 Å². The number of benzene rings is 1. The fourth-order valence-electron chi connectivity index (χ4n) is 1.68. The van der Waals surface area contributed by atoms with Gasteiger partial charge in [-0.3, -0.25) is 4.79 Å². The Morgan fingerprint density at radius 2 is 2.19 bits per heavy atom. The monoisotopic (exact) mass is 221 g/mol. The summed E-state index contributed by atoms with van der Waals surface area (Å²) in [5.74, 6) is -0.0995. The van der Waals surface area contributed by atoms with E-state index in [1.54, 1.807) is 0 Å². The number of aliphatic hydroxyl groups excluding tert-OH is 1. The van der Waals surface area contributed by atoms with Gasteiger partial charge in [0.25, 0.3) is 5.91 Å². The van der Waals surface area contributed by atoms with Crippen LogP contribution < -0.4 is 5.32 Å². The van der Waals surface area contributed by atoms with Crippen LogP contribution in [0.4, 0.5) is 0 Å². The first-order chi connectivity index (χ1) is 7.69. The number of carbonyl (C=O) groups is 1. The zero-order chi connectivity index (χ0) is 12.0. The predicted molar refractivity (Wildman–Crippen MR) is 64.6 cm³/mol. The van der Waals surface area contributed by atoms with Gasteiger partial charge in [0.15, 0.2) is 0 Å². The average molecular weight is 221 g/mol. The quantitative estimate of drug-likeness (QED) is 0.794. The average Bonchev–Trinajstić information content (AvgIpc) is 2.26. The molecule has 0 aliphatic rings. The molecule has 0 aromatic heterocycles. The van der Waals surface area contributed by atoms with Crippen LogP contribution in [0.25, 0.3) is 0 Å². The number of aliphatic hydroxyl groups is 1. The first-order valence-electron chi connectivity index (χ1n) is 5.67. The van der Waals surface area contributed by atoms with Crippen LogP contribution in [-0.4, -0.2) is 24.2 Å². The molecular weight excluding hydrogens is 202 g/mol. The molecule has 1 rings (SSSR count). The fraction of sp³-hybridized carbons (Fsp3) is 0.462. The van der Waals surface area contributed by atoms with E-state index in [1.807, 2.05) is 19.1 Å². The molecule has 0 spiro atoms. The number of nitrogens with one attached hydrogen (secondary N) is 1. The third-order valence-electron chi connectivity index (χ3n) is 2.42. The number of hydrogen-bond acceptors (Lipinski definition) is 2. The molecule has 0 bridgehead atoms. The molecule has 0 aliphatic heterocycles. The van der Waals surface area contributed by atoms with E-state index in [1.165, 1.54) is 5.56 Å². The Kier molecular flexibility index (Phi) is 4.99. The Labute approximate surface area is 96.5 Å². The maximum atomic E-state index is 11.8. The summed E-state index contributed by atoms with van der Waals surface area (Å²) in [5, 5.41) is 11.3. The number of hydrogen-bond donors (Lipinski definition) is 2. The molecule has 0 heterocycles. The summed E-state index contributed by atoms with van der Waals surface area (Å²) in [4.78, 5) is 11.8. The third kappa shape index (κ3) is 3.35. The van der Waals surface area contributed by atoms with Gasteiger partial charge in [-0.25, -0.2) is 0 Å². The summed E-state index contributed by atoms with van der Waals surface area (Å²) in [6.07, 6.45) is 1.92. The van der Waals surface area contributed by atoms with Crippen LogP contribution in [-0.2, 0) is 6.42 Å². The minimum atomic E-state index is -0.0995. The Balaban J connectivity index is 2.88. The van der Waals surface area contributed by atoms with Crippen molar-refractivity contribution in [2.45, 2.75) is 26.7 Å². The van der Waals surface area contributed by atoms with Crippen LogP contribution in [0.15, 0.2) is 18.2 Å². The number of aryl methyl sites for hydroxylation is 2. The first-order valence-corrected chi connectivity index (χ1v) is 5.67. The molecule has 3 heteroatoms. The maximum absolute atomic E-state index is 11.8. The molecule has 1 aromatic rings. The summed E-state index contributed by atoms with van der Waals surface area (Å²) in [7, 11) is 0. The lowest BCUT2D eigenvalue weighted by Crippen LogP contribution is -2.27. The van der Waals surface area contributed by atoms with Crippen molar-refractivity contribution < 1.29 is 9.90 Å². The van der Waals surface area contributed by atoms with Crippen molar-refractivity contribution in [2.24, 2.45) is 0 Å². The van der Waals surface area contributed by atoms with E-state index in [4.69, 9.17) is 5.11 Å². The van der Waals surface area contributed by atoms with E-state index in [-0.39, 0.29) is 12.5 Å². The van der Waals surface area contributed by atoms with Gasteiger partial charge in [0.05, 0.1) is 6.61 Å². The van der Waals surface area contributed by atoms with Crippen LogP contribution in [0, 0.1) is 6.92 Å². The van der Waals surface area contributed by atoms with E-state index >= 15 is 0 Å². The highest BCUT2D eigenvalue weighted by molar-refractivity contribution is 5.95. The standard InChI is InChI=1S/C13H19NO2/c1-3-4-11-9-10(2)5-6-12(11)13(16)14-7-8-15/h5-6,9,15H,3-4,7-8H2,1-2H3,(H,14,16). The molecule has 1 amide bonds. The lowest BCUT2D eigenvalue weighted by molar-refractivity contribution is 0.0944. The number of amides is 1. The highest BCUT2D eigenvalue weighted by atomic mass is 16.3. The molecule has 0 saturated heterocycles. The van der Waals surface area contributed by atoms with Gasteiger partial charge in [-0.15, -0.1) is 0 Å². The van der Waals surface area contributed by atoms with Gasteiger partial charge in [-0.1, -0.05) is 31.0 Å². The number of rotatable bonds is 5. The summed E-state index contributed by atoms with van der Waals surface area (Å²) in [6.45, 7) is 4.39. The Morgan fingerprint density at radius 3 is 2.81 bits per heavy atom. The second-order valence-corrected chi connectivity index (χ2v) is 3.89. The second kappa shape index (κ2) is 6.28. The molecule has 16 heavy (non-hydrogen) atoms. The first kappa shape index (κ1) is 12.7. The topological polar surface area (TPSA) is 49.3 Å². The Morgan fingerprint density at radius 1 is 1.44 bits per heavy atom. The molecule has 2 N–H and O–H groups in total. The maximum Gasteiger partial charge on any atom is 0.251 e. The molecule has 3 nitrogen and oxygen atoms in total. The van der Waals surface area contributed by atoms with E-state index in [0.29, 0.717) is 6.54 Å². The summed E-state index contributed by atoms with van der Waals surface area (Å²) >= 11 is 0. The van der Waals surface area contributed by atoms with Gasteiger partial charge >= 0.3 is 0 Å². The van der Waals surface area contributed by atoms with Crippen LogP contribution in [0.1, 0.15) is 34.8 Å². The zero-order valence-electron chi connectivity index (χ0n) is 9.92. The van der Waals surface area contributed by atoms with Crippen molar-refractivity contribution in [1.82, 2.24) is 5.32 Å². The minimum absolute atomic E-state index is 0.0271. The van der Waals surface area contributed by atoms with Crippen molar-refractivity contribution in [3.8, 4) is 0 Å². The molecule has 0 saturated carbocycles. The molecule has 0 atom stereocenters. The smallest absolute Gasteiger partial charge is 0.251 e. The summed E-state index contributed by atoms with van der Waals surface area (Å²) in [6, 6.07) is 5.84. The SMILES string of the molecule is CCCc1cc(C)ccc1C(=O)NCCO. The van der Waals surface area contributed by atoms with Gasteiger partial charge in [-0.05, 0) is 25.0 Å². The lowest BCUT2D eigenvalue weighted by atomic mass is 10.00. The normalized spacial score (nSPS) is 10.2. The fourth-order valence-corrected chi connectivity index (χ4v) is 1.68. The van der Waals surface area contributed by atoms with Crippen LogP contribution in [0.5, 0.6) is 0 Å². The van der Waals surface area contributed by atoms with E-state index in [0.717, 1.165) is 24.0 Å². The van der Waals surface area contributed by atoms with E-state index < -0.39 is 0 Å². The van der Waals surface area contributed by atoms with Crippen molar-refractivity contribution >= 4 is 5.91 Å². The van der Waals surface area contributed by atoms with E-state index in [9.17, 15) is 4.79 Å². The van der Waals surface area contributed by atoms with Gasteiger partial charge in [0.2, 0.25) is 0 Å². The van der Waals surface area contributed by atoms with Crippen molar-refractivity contribution in [3.63, 3.8) is 0 Å². The molecule has 0 fully saturated rings. The molecule has 0 unspecified atom stereocenters. The zero-order valence-corrected chi connectivity index (χ0v) is 9.92. The highest BCUT2D eigenvalue weighted by Crippen LogP contribution is 2.13. The van der Waals surface area contributed by atoms with Crippen molar-refractivity contribution in [2.75, 3.05) is 13.2 Å². The molecule has 0 aliphatic carbocycles. The highest BCUT2D eigenvalue weighted by Gasteiger charge is 2.09. The summed E-state index contributed by atoms with van der Waals surface area (Å²) < 4.78 is 0. The van der Waals surface area contributed by atoms with Crippen LogP contribution in [0.2, 0.25) is 0 Å². The van der Waals surface area contributed by atoms with Crippen LogP contribution >= 0.6 is 0 Å². The molecular formula is C13H19NO2. The second-order valence-electron chi connectivity index (χ2n) is 3.89. The minimum Gasteiger partial charge on any atom is -0.395 e. The third-order valence-corrected chi connectivity index (χ3v) is 2.42. The predicted octanol–water partition coefficient (Wildman–Crippen LogP) is 1.67. The largest absolute Gasteiger partial charge is 0.395 e. The van der Waals surface area contributed by atoms with Gasteiger partial charge in [0.1, 0.15) is 0 Å². The van der Waals surface area contributed by atoms with E-state index in [2.05, 4.69) is 18.3 Å². The molecule has 0 radical (unpaired) electrons. The van der Waals surface area contributed by atoms with Crippen LogP contribution in [0.3, 0.4) is 0 Å². The number of carbonyl (C=O) groups excluding carboxylic acids is 1. The molecule has 1 aromatic carbocycles.